The Bertz CT molecular complexity index is 2370. The van der Waals surface area contributed by atoms with Crippen LogP contribution in [-0.2, 0) is 5.41 Å². The standard InChI is InChI=1S/C43H29NO2S/c1-43-22-21-32(44(31-19-18-28-9-2-3-11-30(28)25-31)38-16-8-12-29-10-4-5-13-33(29)38)26-40(43)47-39-24-27(17-20-37(39)43)23-36-41(45)34-14-6-7-15-35(34)42(36)46/h2-26,40H,1H3. The molecule has 0 radical (unpaired) electrons. The third-order valence-electron chi connectivity index (χ3n) is 9.83. The molecule has 224 valence electrons. The Morgan fingerprint density at radius 2 is 1.40 bits per heavy atom. The summed E-state index contributed by atoms with van der Waals surface area (Å²) in [6.45, 7) is 2.30. The second-order valence-corrected chi connectivity index (χ2v) is 13.8. The molecule has 9 rings (SSSR count). The highest BCUT2D eigenvalue weighted by Gasteiger charge is 2.43. The number of ketones is 2. The van der Waals surface area contributed by atoms with E-state index < -0.39 is 0 Å². The summed E-state index contributed by atoms with van der Waals surface area (Å²) in [5.74, 6) is -0.394. The molecule has 6 aromatic rings. The quantitative estimate of drug-likeness (QED) is 0.145. The number of nitrogens with zero attached hydrogens (tertiary/aromatic N) is 1. The van der Waals surface area contributed by atoms with Gasteiger partial charge in [0.2, 0.25) is 0 Å². The molecular weight excluding hydrogens is 595 g/mol. The first-order valence-corrected chi connectivity index (χ1v) is 16.7. The van der Waals surface area contributed by atoms with Crippen LogP contribution in [0.15, 0.2) is 162 Å². The lowest BCUT2D eigenvalue weighted by atomic mass is 9.76. The second kappa shape index (κ2) is 10.5. The first kappa shape index (κ1) is 27.8. The molecule has 0 fully saturated rings. The molecule has 2 aliphatic carbocycles. The molecule has 2 atom stereocenters. The highest BCUT2D eigenvalue weighted by Crippen LogP contribution is 2.54. The van der Waals surface area contributed by atoms with Crippen LogP contribution in [0.1, 0.15) is 38.8 Å². The van der Waals surface area contributed by atoms with Crippen molar-refractivity contribution in [3.8, 4) is 0 Å². The molecule has 0 saturated heterocycles. The van der Waals surface area contributed by atoms with Gasteiger partial charge in [-0.25, -0.2) is 0 Å². The molecular formula is C43H29NO2S. The van der Waals surface area contributed by atoms with Crippen LogP contribution in [-0.4, -0.2) is 16.8 Å². The maximum atomic E-state index is 13.1. The minimum absolute atomic E-state index is 0.164. The number of fused-ring (bicyclic) bond motifs is 6. The van der Waals surface area contributed by atoms with Crippen LogP contribution in [0.2, 0.25) is 0 Å². The zero-order valence-electron chi connectivity index (χ0n) is 25.7. The summed E-state index contributed by atoms with van der Waals surface area (Å²) in [4.78, 5) is 29.7. The van der Waals surface area contributed by atoms with Crippen LogP contribution >= 0.6 is 11.8 Å². The molecule has 3 aliphatic rings. The number of Topliss-reactive ketones (excluding diaryl/α,β-unsaturated/α-hetero) is 2. The molecule has 0 saturated carbocycles. The van der Waals surface area contributed by atoms with Crippen LogP contribution < -0.4 is 4.90 Å². The van der Waals surface area contributed by atoms with Crippen LogP contribution in [0.4, 0.5) is 11.4 Å². The first-order chi connectivity index (χ1) is 23.0. The molecule has 47 heavy (non-hydrogen) atoms. The van der Waals surface area contributed by atoms with E-state index in [1.54, 1.807) is 30.3 Å². The van der Waals surface area contributed by atoms with Gasteiger partial charge in [0.05, 0.1) is 11.3 Å². The minimum atomic E-state index is -0.197. The van der Waals surface area contributed by atoms with Crippen molar-refractivity contribution in [3.63, 3.8) is 0 Å². The van der Waals surface area contributed by atoms with Gasteiger partial charge in [-0.1, -0.05) is 116 Å². The molecule has 0 spiro atoms. The van der Waals surface area contributed by atoms with Crippen LogP contribution in [0.3, 0.4) is 0 Å². The number of rotatable bonds is 4. The SMILES string of the molecule is CC12C=CC(N(c3ccc4ccccc4c3)c3cccc4ccccc34)=CC1Sc1cc(C=C3C(=O)c4ccccc4C3=O)ccc12. The van der Waals surface area contributed by atoms with Crippen molar-refractivity contribution >= 4 is 62.3 Å². The largest absolute Gasteiger partial charge is 0.310 e. The third kappa shape index (κ3) is 4.36. The van der Waals surface area contributed by atoms with Gasteiger partial charge in [0, 0.05) is 43.5 Å². The minimum Gasteiger partial charge on any atom is -0.310 e. The summed E-state index contributed by atoms with van der Waals surface area (Å²) in [6, 6.07) is 43.7. The van der Waals surface area contributed by atoms with E-state index in [1.165, 1.54) is 32.0 Å². The number of hydrogen-bond donors (Lipinski definition) is 0. The van der Waals surface area contributed by atoms with Gasteiger partial charge in [0.1, 0.15) is 0 Å². The Labute approximate surface area is 277 Å². The first-order valence-electron chi connectivity index (χ1n) is 15.9. The van der Waals surface area contributed by atoms with Gasteiger partial charge in [-0.05, 0) is 69.8 Å². The van der Waals surface area contributed by atoms with E-state index in [1.807, 2.05) is 17.8 Å². The molecule has 1 aliphatic heterocycles. The summed E-state index contributed by atoms with van der Waals surface area (Å²) in [7, 11) is 0. The van der Waals surface area contributed by atoms with E-state index in [-0.39, 0.29) is 27.8 Å². The van der Waals surface area contributed by atoms with Gasteiger partial charge in [-0.15, -0.1) is 11.8 Å². The summed E-state index contributed by atoms with van der Waals surface area (Å²) >= 11 is 1.84. The fourth-order valence-electron chi connectivity index (χ4n) is 7.31. The normalized spacial score (nSPS) is 19.5. The van der Waals surface area contributed by atoms with E-state index >= 15 is 0 Å². The molecule has 3 nitrogen and oxygen atoms in total. The lowest BCUT2D eigenvalue weighted by molar-refractivity contribution is 0.0990. The fourth-order valence-corrected chi connectivity index (χ4v) is 8.86. The average Bonchev–Trinajstić information content (AvgIpc) is 3.53. The van der Waals surface area contributed by atoms with Crippen molar-refractivity contribution in [1.29, 1.82) is 0 Å². The molecule has 0 N–H and O–H groups in total. The van der Waals surface area contributed by atoms with Crippen molar-refractivity contribution in [3.05, 3.63) is 179 Å². The number of anilines is 2. The zero-order valence-corrected chi connectivity index (χ0v) is 26.5. The average molecular weight is 624 g/mol. The molecule has 4 heteroatoms. The number of thioether (sulfide) groups is 1. The van der Waals surface area contributed by atoms with Crippen LogP contribution in [0.5, 0.6) is 0 Å². The van der Waals surface area contributed by atoms with Crippen molar-refractivity contribution < 1.29 is 9.59 Å². The van der Waals surface area contributed by atoms with E-state index in [0.717, 1.165) is 22.6 Å². The molecule has 2 unspecified atom stereocenters. The summed E-state index contributed by atoms with van der Waals surface area (Å²) in [5.41, 5.74) is 6.52. The van der Waals surface area contributed by atoms with Gasteiger partial charge < -0.3 is 4.90 Å². The molecule has 0 bridgehead atoms. The van der Waals surface area contributed by atoms with E-state index in [4.69, 9.17) is 0 Å². The lowest BCUT2D eigenvalue weighted by Gasteiger charge is -2.35. The maximum Gasteiger partial charge on any atom is 0.197 e. The van der Waals surface area contributed by atoms with E-state index in [9.17, 15) is 9.59 Å². The van der Waals surface area contributed by atoms with Crippen molar-refractivity contribution in [2.45, 2.75) is 22.5 Å². The molecule has 0 amide bonds. The summed E-state index contributed by atoms with van der Waals surface area (Å²) in [5, 5.41) is 4.98. The van der Waals surface area contributed by atoms with Gasteiger partial charge in [-0.2, -0.15) is 0 Å². The van der Waals surface area contributed by atoms with Crippen LogP contribution in [0, 0.1) is 0 Å². The topological polar surface area (TPSA) is 37.4 Å². The summed E-state index contributed by atoms with van der Waals surface area (Å²) in [6.07, 6.45) is 8.78. The number of carbonyl (C=O) groups is 2. The number of benzene rings is 6. The Morgan fingerprint density at radius 3 is 2.21 bits per heavy atom. The third-order valence-corrected chi connectivity index (χ3v) is 11.3. The highest BCUT2D eigenvalue weighted by atomic mass is 32.2. The number of carbonyl (C=O) groups excluding carboxylic acids is 2. The van der Waals surface area contributed by atoms with Gasteiger partial charge in [0.15, 0.2) is 11.6 Å². The Morgan fingerprint density at radius 1 is 0.702 bits per heavy atom. The predicted octanol–water partition coefficient (Wildman–Crippen LogP) is 10.5. The monoisotopic (exact) mass is 623 g/mol. The number of hydrogen-bond acceptors (Lipinski definition) is 4. The zero-order chi connectivity index (χ0) is 31.7. The maximum absolute atomic E-state index is 13.1. The molecule has 1 heterocycles. The molecule has 0 aromatic heterocycles. The second-order valence-electron chi connectivity index (χ2n) is 12.6. The van der Waals surface area contributed by atoms with Crippen LogP contribution in [0.25, 0.3) is 27.6 Å². The lowest BCUT2D eigenvalue weighted by Crippen LogP contribution is -2.31. The highest BCUT2D eigenvalue weighted by molar-refractivity contribution is 8.00. The predicted molar refractivity (Wildman–Crippen MR) is 194 cm³/mol. The summed E-state index contributed by atoms with van der Waals surface area (Å²) < 4.78 is 0. The fraction of sp³-hybridized carbons (Fsp3) is 0.0698. The van der Waals surface area contributed by atoms with Crippen molar-refractivity contribution in [2.75, 3.05) is 4.90 Å². The van der Waals surface area contributed by atoms with E-state index in [2.05, 4.69) is 127 Å². The van der Waals surface area contributed by atoms with Gasteiger partial charge >= 0.3 is 0 Å². The van der Waals surface area contributed by atoms with E-state index in [0.29, 0.717) is 11.1 Å². The Kier molecular flexibility index (Phi) is 6.24. The number of allylic oxidation sites excluding steroid dienone is 3. The van der Waals surface area contributed by atoms with Crippen molar-refractivity contribution in [1.82, 2.24) is 0 Å². The van der Waals surface area contributed by atoms with Gasteiger partial charge in [0.25, 0.3) is 0 Å². The smallest absolute Gasteiger partial charge is 0.197 e. The van der Waals surface area contributed by atoms with Crippen molar-refractivity contribution in [2.24, 2.45) is 0 Å². The van der Waals surface area contributed by atoms with Gasteiger partial charge in [-0.3, -0.25) is 9.59 Å². The Balaban J connectivity index is 1.12. The Hall–Kier alpha value is -5.45. The molecule has 6 aromatic carbocycles.